The van der Waals surface area contributed by atoms with Crippen molar-refractivity contribution < 1.29 is 4.74 Å². The lowest BCUT2D eigenvalue weighted by atomic mass is 10.1. The average Bonchev–Trinajstić information content (AvgIpc) is 2.33. The molecule has 0 aliphatic carbocycles. The standard InChI is InChI=1S/C11H10ClN3OS/c1-2-16-8-3-7(5-13-6-8)9-4-10(12)14-15-11(9)17/h3-6H,2H2,1H3,(H,15,17). The van der Waals surface area contributed by atoms with Crippen molar-refractivity contribution in [1.82, 2.24) is 15.2 Å². The van der Waals surface area contributed by atoms with E-state index in [0.717, 1.165) is 11.1 Å². The minimum Gasteiger partial charge on any atom is -0.492 e. The third-order valence-corrected chi connectivity index (χ3v) is 2.61. The molecule has 0 fully saturated rings. The van der Waals surface area contributed by atoms with E-state index in [1.165, 1.54) is 0 Å². The highest BCUT2D eigenvalue weighted by molar-refractivity contribution is 7.71. The summed E-state index contributed by atoms with van der Waals surface area (Å²) in [6.07, 6.45) is 3.36. The van der Waals surface area contributed by atoms with Gasteiger partial charge in [0.15, 0.2) is 0 Å². The van der Waals surface area contributed by atoms with Crippen LogP contribution in [0.25, 0.3) is 11.1 Å². The number of pyridine rings is 1. The van der Waals surface area contributed by atoms with Gasteiger partial charge >= 0.3 is 0 Å². The molecule has 4 nitrogen and oxygen atoms in total. The maximum absolute atomic E-state index is 5.83. The van der Waals surface area contributed by atoms with Crippen molar-refractivity contribution in [2.75, 3.05) is 6.61 Å². The molecule has 0 spiro atoms. The van der Waals surface area contributed by atoms with Crippen LogP contribution in [0.3, 0.4) is 0 Å². The molecule has 0 amide bonds. The number of nitrogens with zero attached hydrogens (tertiary/aromatic N) is 2. The first-order valence-corrected chi connectivity index (χ1v) is 5.82. The fourth-order valence-electron chi connectivity index (χ4n) is 1.41. The monoisotopic (exact) mass is 267 g/mol. The SMILES string of the molecule is CCOc1cncc(-c2cc(Cl)n[nH]c2=S)c1. The molecule has 0 saturated heterocycles. The molecule has 0 unspecified atom stereocenters. The molecule has 0 atom stereocenters. The van der Waals surface area contributed by atoms with Gasteiger partial charge in [-0.1, -0.05) is 23.8 Å². The summed E-state index contributed by atoms with van der Waals surface area (Å²) in [5.41, 5.74) is 1.63. The molecular formula is C11H10ClN3OS. The van der Waals surface area contributed by atoms with E-state index < -0.39 is 0 Å². The van der Waals surface area contributed by atoms with Crippen LogP contribution in [-0.4, -0.2) is 21.8 Å². The maximum atomic E-state index is 5.83. The first-order valence-electron chi connectivity index (χ1n) is 5.04. The lowest BCUT2D eigenvalue weighted by Gasteiger charge is -2.05. The highest BCUT2D eigenvalue weighted by Gasteiger charge is 2.04. The fraction of sp³-hybridized carbons (Fsp3) is 0.182. The molecule has 0 aliphatic rings. The molecule has 0 aliphatic heterocycles. The van der Waals surface area contributed by atoms with Gasteiger partial charge in [-0.05, 0) is 19.1 Å². The van der Waals surface area contributed by atoms with Gasteiger partial charge in [0, 0.05) is 17.3 Å². The van der Waals surface area contributed by atoms with E-state index in [4.69, 9.17) is 28.6 Å². The highest BCUT2D eigenvalue weighted by Crippen LogP contribution is 2.24. The Balaban J connectivity index is 2.49. The molecule has 0 bridgehead atoms. The van der Waals surface area contributed by atoms with Crippen molar-refractivity contribution in [1.29, 1.82) is 0 Å². The summed E-state index contributed by atoms with van der Waals surface area (Å²) < 4.78 is 5.90. The average molecular weight is 268 g/mol. The summed E-state index contributed by atoms with van der Waals surface area (Å²) in [5, 5.41) is 6.85. The topological polar surface area (TPSA) is 50.8 Å². The van der Waals surface area contributed by atoms with Crippen LogP contribution in [0.2, 0.25) is 5.15 Å². The zero-order valence-electron chi connectivity index (χ0n) is 9.11. The molecular weight excluding hydrogens is 258 g/mol. The van der Waals surface area contributed by atoms with Gasteiger partial charge in [-0.3, -0.25) is 10.1 Å². The van der Waals surface area contributed by atoms with Crippen LogP contribution in [0, 0.1) is 4.64 Å². The van der Waals surface area contributed by atoms with Crippen molar-refractivity contribution in [3.63, 3.8) is 0 Å². The van der Waals surface area contributed by atoms with Crippen LogP contribution in [-0.2, 0) is 0 Å². The predicted octanol–water partition coefficient (Wildman–Crippen LogP) is 3.25. The number of halogens is 1. The van der Waals surface area contributed by atoms with Crippen LogP contribution in [0.4, 0.5) is 0 Å². The van der Waals surface area contributed by atoms with E-state index in [9.17, 15) is 0 Å². The van der Waals surface area contributed by atoms with Crippen molar-refractivity contribution in [3.05, 3.63) is 34.3 Å². The molecule has 17 heavy (non-hydrogen) atoms. The Morgan fingerprint density at radius 3 is 3.00 bits per heavy atom. The molecule has 0 aromatic carbocycles. The van der Waals surface area contributed by atoms with Crippen molar-refractivity contribution in [2.45, 2.75) is 6.92 Å². The maximum Gasteiger partial charge on any atom is 0.150 e. The predicted molar refractivity (Wildman–Crippen MR) is 68.8 cm³/mol. The van der Waals surface area contributed by atoms with Gasteiger partial charge in [0.05, 0.1) is 12.8 Å². The molecule has 88 valence electrons. The first kappa shape index (κ1) is 12.0. The van der Waals surface area contributed by atoms with Crippen molar-refractivity contribution >= 4 is 23.8 Å². The Bertz CT molecular complexity index is 585. The number of hydrogen-bond acceptors (Lipinski definition) is 4. The number of hydrogen-bond donors (Lipinski definition) is 1. The fourth-order valence-corrected chi connectivity index (χ4v) is 1.78. The number of nitrogens with one attached hydrogen (secondary N) is 1. The number of aromatic amines is 1. The lowest BCUT2D eigenvalue weighted by Crippen LogP contribution is -1.93. The Morgan fingerprint density at radius 1 is 1.41 bits per heavy atom. The second kappa shape index (κ2) is 5.25. The largest absolute Gasteiger partial charge is 0.492 e. The Kier molecular flexibility index (Phi) is 3.71. The van der Waals surface area contributed by atoms with Crippen LogP contribution in [0.5, 0.6) is 5.75 Å². The first-order chi connectivity index (χ1) is 8.20. The summed E-state index contributed by atoms with van der Waals surface area (Å²) in [6, 6.07) is 3.57. The van der Waals surface area contributed by atoms with Gasteiger partial charge in [0.1, 0.15) is 15.5 Å². The highest BCUT2D eigenvalue weighted by atomic mass is 35.5. The number of ether oxygens (including phenoxy) is 1. The summed E-state index contributed by atoms with van der Waals surface area (Å²) in [7, 11) is 0. The molecule has 1 N–H and O–H groups in total. The molecule has 2 heterocycles. The molecule has 2 aromatic heterocycles. The summed E-state index contributed by atoms with van der Waals surface area (Å²) in [6.45, 7) is 2.51. The van der Waals surface area contributed by atoms with Crippen molar-refractivity contribution in [3.8, 4) is 16.9 Å². The van der Waals surface area contributed by atoms with Gasteiger partial charge in [-0.25, -0.2) is 0 Å². The van der Waals surface area contributed by atoms with Gasteiger partial charge < -0.3 is 4.74 Å². The van der Waals surface area contributed by atoms with Gasteiger partial charge in [-0.15, -0.1) is 0 Å². The van der Waals surface area contributed by atoms with Crippen LogP contribution in [0.1, 0.15) is 6.92 Å². The van der Waals surface area contributed by atoms with Crippen LogP contribution < -0.4 is 4.74 Å². The second-order valence-electron chi connectivity index (χ2n) is 3.28. The molecule has 2 rings (SSSR count). The summed E-state index contributed by atoms with van der Waals surface area (Å²) in [5.74, 6) is 0.701. The van der Waals surface area contributed by atoms with Crippen molar-refractivity contribution in [2.24, 2.45) is 0 Å². The molecule has 6 heteroatoms. The molecule has 0 radical (unpaired) electrons. The van der Waals surface area contributed by atoms with E-state index >= 15 is 0 Å². The van der Waals surface area contributed by atoms with E-state index in [1.807, 2.05) is 13.0 Å². The van der Waals surface area contributed by atoms with E-state index in [-0.39, 0.29) is 0 Å². The summed E-state index contributed by atoms with van der Waals surface area (Å²) >= 11 is 11.0. The second-order valence-corrected chi connectivity index (χ2v) is 4.07. The Hall–Kier alpha value is -1.46. The van der Waals surface area contributed by atoms with E-state index in [1.54, 1.807) is 18.5 Å². The quantitative estimate of drug-likeness (QED) is 0.868. The molecule has 0 saturated carbocycles. The van der Waals surface area contributed by atoms with Gasteiger partial charge in [0.25, 0.3) is 0 Å². The Labute approximate surface area is 109 Å². The normalized spacial score (nSPS) is 10.2. The van der Waals surface area contributed by atoms with E-state index in [0.29, 0.717) is 22.2 Å². The van der Waals surface area contributed by atoms with Gasteiger partial charge in [0.2, 0.25) is 0 Å². The Morgan fingerprint density at radius 2 is 2.24 bits per heavy atom. The smallest absolute Gasteiger partial charge is 0.150 e. The minimum atomic E-state index is 0.357. The number of H-pyrrole nitrogens is 1. The minimum absolute atomic E-state index is 0.357. The third kappa shape index (κ3) is 2.81. The zero-order valence-corrected chi connectivity index (χ0v) is 10.7. The third-order valence-electron chi connectivity index (χ3n) is 2.11. The zero-order chi connectivity index (χ0) is 12.3. The molecule has 2 aromatic rings. The van der Waals surface area contributed by atoms with Gasteiger partial charge in [-0.2, -0.15) is 5.10 Å². The van der Waals surface area contributed by atoms with Crippen LogP contribution >= 0.6 is 23.8 Å². The number of rotatable bonds is 3. The summed E-state index contributed by atoms with van der Waals surface area (Å²) in [4.78, 5) is 4.10. The number of aromatic nitrogens is 3. The van der Waals surface area contributed by atoms with E-state index in [2.05, 4.69) is 15.2 Å². The van der Waals surface area contributed by atoms with Crippen LogP contribution in [0.15, 0.2) is 24.5 Å². The lowest BCUT2D eigenvalue weighted by molar-refractivity contribution is 0.339.